The van der Waals surface area contributed by atoms with Gasteiger partial charge >= 0.3 is 0 Å². The lowest BCUT2D eigenvalue weighted by atomic mass is 10.0. The van der Waals surface area contributed by atoms with Crippen LogP contribution in [0.25, 0.3) is 10.9 Å². The van der Waals surface area contributed by atoms with E-state index in [9.17, 15) is 4.79 Å². The Balaban J connectivity index is 1.59. The highest BCUT2D eigenvalue weighted by atomic mass is 16.5. The lowest BCUT2D eigenvalue weighted by molar-refractivity contribution is -1.02. The van der Waals surface area contributed by atoms with Gasteiger partial charge in [0.05, 0.1) is 25.3 Å². The van der Waals surface area contributed by atoms with Gasteiger partial charge in [-0.05, 0) is 53.8 Å². The number of aryl methyl sites for hydroxylation is 1. The zero-order valence-electron chi connectivity index (χ0n) is 18.2. The van der Waals surface area contributed by atoms with Crippen LogP contribution in [-0.2, 0) is 11.3 Å². The summed E-state index contributed by atoms with van der Waals surface area (Å²) in [5, 5.41) is 13.8. The van der Waals surface area contributed by atoms with Crippen molar-refractivity contribution in [3.05, 3.63) is 51.6 Å². The number of hydrogen-bond donors (Lipinski definition) is 3. The van der Waals surface area contributed by atoms with Crippen molar-refractivity contribution in [1.29, 1.82) is 0 Å². The van der Waals surface area contributed by atoms with Crippen molar-refractivity contribution in [2.75, 3.05) is 39.8 Å². The van der Waals surface area contributed by atoms with E-state index in [0.717, 1.165) is 67.9 Å². The molecule has 1 aromatic carbocycles. The zero-order valence-corrected chi connectivity index (χ0v) is 18.2. The lowest BCUT2D eigenvalue weighted by Gasteiger charge is -2.32. The minimum Gasteiger partial charge on any atom is -0.376 e. The van der Waals surface area contributed by atoms with Crippen LogP contribution in [0, 0.1) is 6.92 Å². The number of aromatic nitrogens is 5. The monoisotopic (exact) mass is 425 g/mol. The topological polar surface area (TPSA) is 94.6 Å². The molecule has 5 rings (SSSR count). The largest absolute Gasteiger partial charge is 0.376 e. The molecule has 3 N–H and O–H groups in total. The highest BCUT2D eigenvalue weighted by molar-refractivity contribution is 5.79. The van der Waals surface area contributed by atoms with Gasteiger partial charge in [0, 0.05) is 12.1 Å². The van der Waals surface area contributed by atoms with Crippen LogP contribution in [-0.4, -0.2) is 71.1 Å². The second-order valence-corrected chi connectivity index (χ2v) is 9.05. The van der Waals surface area contributed by atoms with Gasteiger partial charge in [-0.15, -0.1) is 5.10 Å². The van der Waals surface area contributed by atoms with E-state index in [1.807, 2.05) is 22.9 Å². The van der Waals surface area contributed by atoms with Crippen LogP contribution >= 0.6 is 0 Å². The Kier molecular flexibility index (Phi) is 5.56. The first-order valence-electron chi connectivity index (χ1n) is 11.3. The summed E-state index contributed by atoms with van der Waals surface area (Å²) in [6.45, 7) is 7.54. The van der Waals surface area contributed by atoms with E-state index in [4.69, 9.17) is 4.74 Å². The van der Waals surface area contributed by atoms with E-state index < -0.39 is 0 Å². The lowest BCUT2D eigenvalue weighted by Crippen LogP contribution is -3.27. The number of aromatic amines is 1. The zero-order chi connectivity index (χ0) is 21.4. The summed E-state index contributed by atoms with van der Waals surface area (Å²) in [7, 11) is 2.22. The molecule has 0 amide bonds. The average Bonchev–Trinajstić information content (AvgIpc) is 3.43. The van der Waals surface area contributed by atoms with Gasteiger partial charge in [0.15, 0.2) is 6.04 Å². The molecular weight excluding hydrogens is 394 g/mol. The first kappa shape index (κ1) is 20.3. The van der Waals surface area contributed by atoms with Crippen LogP contribution in [0.1, 0.15) is 35.8 Å². The molecule has 2 saturated heterocycles. The normalized spacial score (nSPS) is 25.2. The van der Waals surface area contributed by atoms with Gasteiger partial charge in [0.1, 0.15) is 26.2 Å². The molecule has 2 aliphatic heterocycles. The molecule has 9 nitrogen and oxygen atoms in total. The van der Waals surface area contributed by atoms with Gasteiger partial charge in [-0.3, -0.25) is 4.79 Å². The number of piperazine rings is 1. The fraction of sp³-hybridized carbons (Fsp3) is 0.545. The number of H-pyrrole nitrogens is 1. The first-order valence-corrected chi connectivity index (χ1v) is 11.3. The van der Waals surface area contributed by atoms with E-state index in [0.29, 0.717) is 6.54 Å². The van der Waals surface area contributed by atoms with E-state index in [-0.39, 0.29) is 17.7 Å². The molecule has 164 valence electrons. The number of likely N-dealkylation sites (N-methyl/N-ethyl adjacent to an activating group) is 1. The second-order valence-electron chi connectivity index (χ2n) is 9.05. The molecule has 2 atom stereocenters. The SMILES string of the molecule is Cc1ccc2[nH]c(=O)c([C@@H](c3nnnn3C[C@H]3CCCO3)[NH+]3CC[NH+](C)CC3)cc2c1. The third kappa shape index (κ3) is 4.13. The van der Waals surface area contributed by atoms with Crippen LogP contribution in [0.4, 0.5) is 0 Å². The number of benzene rings is 1. The number of ether oxygens (including phenoxy) is 1. The van der Waals surface area contributed by atoms with Crippen LogP contribution in [0.15, 0.2) is 29.1 Å². The average molecular weight is 426 g/mol. The van der Waals surface area contributed by atoms with Crippen molar-refractivity contribution in [1.82, 2.24) is 25.2 Å². The second kappa shape index (κ2) is 8.49. The van der Waals surface area contributed by atoms with Crippen molar-refractivity contribution in [2.24, 2.45) is 0 Å². The molecule has 0 radical (unpaired) electrons. The van der Waals surface area contributed by atoms with E-state index in [1.165, 1.54) is 15.4 Å². The number of rotatable bonds is 5. The Morgan fingerprint density at radius 2 is 2.10 bits per heavy atom. The smallest absolute Gasteiger partial charge is 0.258 e. The van der Waals surface area contributed by atoms with Gasteiger partial charge in [-0.1, -0.05) is 11.6 Å². The Morgan fingerprint density at radius 3 is 2.87 bits per heavy atom. The van der Waals surface area contributed by atoms with Crippen molar-refractivity contribution in [2.45, 2.75) is 38.5 Å². The summed E-state index contributed by atoms with van der Waals surface area (Å²) in [5.41, 5.74) is 2.69. The summed E-state index contributed by atoms with van der Waals surface area (Å²) in [6, 6.07) is 7.93. The molecule has 2 fully saturated rings. The maximum Gasteiger partial charge on any atom is 0.258 e. The van der Waals surface area contributed by atoms with Crippen LogP contribution in [0.5, 0.6) is 0 Å². The Morgan fingerprint density at radius 1 is 1.26 bits per heavy atom. The third-order valence-electron chi connectivity index (χ3n) is 6.71. The molecule has 0 unspecified atom stereocenters. The fourth-order valence-electron chi connectivity index (χ4n) is 4.92. The number of quaternary nitrogens is 2. The van der Waals surface area contributed by atoms with E-state index in [1.54, 1.807) is 0 Å². The maximum atomic E-state index is 13.2. The number of nitrogens with one attached hydrogen (secondary N) is 3. The van der Waals surface area contributed by atoms with E-state index in [2.05, 4.69) is 40.5 Å². The number of fused-ring (bicyclic) bond motifs is 1. The van der Waals surface area contributed by atoms with Crippen molar-refractivity contribution >= 4 is 10.9 Å². The minimum absolute atomic E-state index is 0.0632. The van der Waals surface area contributed by atoms with Crippen LogP contribution in [0.2, 0.25) is 0 Å². The quantitative estimate of drug-likeness (QED) is 0.463. The Labute approximate surface area is 181 Å². The van der Waals surface area contributed by atoms with Gasteiger partial charge in [-0.2, -0.15) is 0 Å². The van der Waals surface area contributed by atoms with Gasteiger partial charge in [-0.25, -0.2) is 4.68 Å². The molecule has 0 spiro atoms. The van der Waals surface area contributed by atoms with E-state index >= 15 is 0 Å². The predicted molar refractivity (Wildman–Crippen MR) is 115 cm³/mol. The highest BCUT2D eigenvalue weighted by Gasteiger charge is 2.37. The van der Waals surface area contributed by atoms with Crippen LogP contribution < -0.4 is 15.4 Å². The van der Waals surface area contributed by atoms with Gasteiger partial charge in [0.2, 0.25) is 5.82 Å². The molecule has 0 bridgehead atoms. The number of pyridine rings is 1. The third-order valence-corrected chi connectivity index (χ3v) is 6.71. The number of tetrazole rings is 1. The minimum atomic E-state index is -0.210. The Bertz CT molecular complexity index is 1110. The first-order chi connectivity index (χ1) is 15.1. The standard InChI is InChI=1S/C22H29N7O2/c1-15-5-6-19-16(12-15)13-18(22(30)23-19)20(28-9-7-27(2)8-10-28)21-24-25-26-29(21)14-17-4-3-11-31-17/h5-6,12-13,17,20H,3-4,7-11,14H2,1-2H3,(H,23,30)/p+2/t17-,20+/m1/s1. The fourth-order valence-corrected chi connectivity index (χ4v) is 4.92. The molecule has 2 aromatic heterocycles. The van der Waals surface area contributed by atoms with Crippen molar-refractivity contribution in [3.63, 3.8) is 0 Å². The summed E-state index contributed by atoms with van der Waals surface area (Å²) in [6.07, 6.45) is 2.22. The van der Waals surface area contributed by atoms with Gasteiger partial charge < -0.3 is 19.5 Å². The summed E-state index contributed by atoms with van der Waals surface area (Å²) >= 11 is 0. The molecule has 0 aliphatic carbocycles. The molecule has 31 heavy (non-hydrogen) atoms. The molecule has 9 heteroatoms. The molecule has 2 aliphatic rings. The molecular formula is C22H31N7O2+2. The highest BCUT2D eigenvalue weighted by Crippen LogP contribution is 2.21. The maximum absolute atomic E-state index is 13.2. The summed E-state index contributed by atoms with van der Waals surface area (Å²) in [4.78, 5) is 19.2. The molecule has 4 heterocycles. The Hall–Kier alpha value is -2.62. The van der Waals surface area contributed by atoms with Crippen molar-refractivity contribution in [3.8, 4) is 0 Å². The summed E-state index contributed by atoms with van der Waals surface area (Å²) in [5.74, 6) is 0.752. The summed E-state index contributed by atoms with van der Waals surface area (Å²) < 4.78 is 7.69. The number of hydrogen-bond acceptors (Lipinski definition) is 5. The van der Waals surface area contributed by atoms with Crippen LogP contribution in [0.3, 0.4) is 0 Å². The van der Waals surface area contributed by atoms with Gasteiger partial charge in [0.25, 0.3) is 5.56 Å². The molecule has 0 saturated carbocycles. The number of nitrogens with zero attached hydrogens (tertiary/aromatic N) is 4. The molecule has 3 aromatic rings. The predicted octanol–water partition coefficient (Wildman–Crippen LogP) is -1.50. The van der Waals surface area contributed by atoms with Crippen molar-refractivity contribution < 1.29 is 14.5 Å².